The summed E-state index contributed by atoms with van der Waals surface area (Å²) in [6.07, 6.45) is 0.940. The van der Waals surface area contributed by atoms with E-state index in [0.29, 0.717) is 0 Å². The second kappa shape index (κ2) is 2.75. The standard InChI is InChI=1S/C6H3ClFNO/c7-6(10)5-2-1-4(8)3-9-5/h1-3H. The molecule has 1 rings (SSSR count). The Morgan fingerprint density at radius 1 is 1.60 bits per heavy atom. The quantitative estimate of drug-likeness (QED) is 0.583. The van der Waals surface area contributed by atoms with Gasteiger partial charge in [0.05, 0.1) is 6.20 Å². The number of hydrogen-bond donors (Lipinski definition) is 0. The normalized spacial score (nSPS) is 9.40. The van der Waals surface area contributed by atoms with Crippen molar-refractivity contribution in [1.82, 2.24) is 4.98 Å². The van der Waals surface area contributed by atoms with Crippen molar-refractivity contribution in [3.8, 4) is 0 Å². The lowest BCUT2D eigenvalue weighted by atomic mass is 10.4. The first-order valence-electron chi connectivity index (χ1n) is 2.51. The van der Waals surface area contributed by atoms with E-state index in [2.05, 4.69) is 4.98 Å². The van der Waals surface area contributed by atoms with Gasteiger partial charge in [0, 0.05) is 0 Å². The minimum absolute atomic E-state index is 0.0584. The van der Waals surface area contributed by atoms with Crippen molar-refractivity contribution in [2.75, 3.05) is 0 Å². The van der Waals surface area contributed by atoms with E-state index in [-0.39, 0.29) is 5.69 Å². The van der Waals surface area contributed by atoms with Crippen LogP contribution in [-0.4, -0.2) is 10.2 Å². The molecule has 0 fully saturated rings. The first-order valence-corrected chi connectivity index (χ1v) is 2.89. The molecule has 0 amide bonds. The van der Waals surface area contributed by atoms with Crippen molar-refractivity contribution in [3.05, 3.63) is 29.8 Å². The summed E-state index contributed by atoms with van der Waals surface area (Å²) >= 11 is 5.03. The van der Waals surface area contributed by atoms with Crippen molar-refractivity contribution in [1.29, 1.82) is 0 Å². The summed E-state index contributed by atoms with van der Waals surface area (Å²) in [7, 11) is 0. The Balaban J connectivity index is 3.00. The molecule has 1 aromatic heterocycles. The van der Waals surface area contributed by atoms with E-state index < -0.39 is 11.1 Å². The maximum absolute atomic E-state index is 12.1. The highest BCUT2D eigenvalue weighted by atomic mass is 35.5. The molecule has 52 valence electrons. The van der Waals surface area contributed by atoms with Crippen LogP contribution in [0.25, 0.3) is 0 Å². The third-order valence-electron chi connectivity index (χ3n) is 0.929. The molecule has 4 heteroatoms. The van der Waals surface area contributed by atoms with E-state index in [1.165, 1.54) is 6.07 Å². The van der Waals surface area contributed by atoms with E-state index >= 15 is 0 Å². The van der Waals surface area contributed by atoms with Crippen molar-refractivity contribution >= 4 is 16.8 Å². The molecule has 0 aliphatic rings. The molecule has 1 heterocycles. The Morgan fingerprint density at radius 2 is 2.30 bits per heavy atom. The van der Waals surface area contributed by atoms with Gasteiger partial charge in [0.1, 0.15) is 11.5 Å². The number of nitrogens with zero attached hydrogens (tertiary/aromatic N) is 1. The van der Waals surface area contributed by atoms with Gasteiger partial charge >= 0.3 is 0 Å². The van der Waals surface area contributed by atoms with Crippen LogP contribution in [0.15, 0.2) is 18.3 Å². The van der Waals surface area contributed by atoms with Crippen LogP contribution in [0.1, 0.15) is 10.5 Å². The average molecular weight is 160 g/mol. The molecule has 0 saturated carbocycles. The van der Waals surface area contributed by atoms with Crippen LogP contribution in [0.3, 0.4) is 0 Å². The summed E-state index contributed by atoms with van der Waals surface area (Å²) in [5.41, 5.74) is 0.0584. The van der Waals surface area contributed by atoms with Gasteiger partial charge in [-0.05, 0) is 23.7 Å². The fraction of sp³-hybridized carbons (Fsp3) is 0. The summed E-state index contributed by atoms with van der Waals surface area (Å²) in [6.45, 7) is 0. The Morgan fingerprint density at radius 3 is 2.70 bits per heavy atom. The molecule has 2 nitrogen and oxygen atoms in total. The third-order valence-corrected chi connectivity index (χ3v) is 1.12. The van der Waals surface area contributed by atoms with Crippen molar-refractivity contribution in [2.45, 2.75) is 0 Å². The van der Waals surface area contributed by atoms with E-state index in [4.69, 9.17) is 11.6 Å². The van der Waals surface area contributed by atoms with Crippen LogP contribution in [0, 0.1) is 5.82 Å². The molecule has 0 aliphatic heterocycles. The first-order chi connectivity index (χ1) is 4.70. The number of carbonyl (C=O) groups excluding carboxylic acids is 1. The van der Waals surface area contributed by atoms with Crippen LogP contribution in [0.2, 0.25) is 0 Å². The molecule has 0 bridgehead atoms. The molecular weight excluding hydrogens is 157 g/mol. The minimum Gasteiger partial charge on any atom is -0.274 e. The minimum atomic E-state index is -0.681. The monoisotopic (exact) mass is 159 g/mol. The summed E-state index contributed by atoms with van der Waals surface area (Å²) < 4.78 is 12.1. The summed E-state index contributed by atoms with van der Waals surface area (Å²) in [5, 5.41) is -0.681. The highest BCUT2D eigenvalue weighted by molar-refractivity contribution is 6.67. The number of aromatic nitrogens is 1. The highest BCUT2D eigenvalue weighted by Crippen LogP contribution is 2.00. The maximum Gasteiger partial charge on any atom is 0.270 e. The Bertz CT molecular complexity index is 246. The maximum atomic E-state index is 12.1. The van der Waals surface area contributed by atoms with Gasteiger partial charge in [-0.15, -0.1) is 0 Å². The molecule has 0 aromatic carbocycles. The number of pyridine rings is 1. The molecule has 1 aromatic rings. The van der Waals surface area contributed by atoms with Crippen LogP contribution in [-0.2, 0) is 0 Å². The number of halogens is 2. The SMILES string of the molecule is O=C(Cl)c1ccc(F)cn1. The smallest absolute Gasteiger partial charge is 0.270 e. The largest absolute Gasteiger partial charge is 0.274 e. The molecule has 0 spiro atoms. The van der Waals surface area contributed by atoms with Gasteiger partial charge in [-0.2, -0.15) is 0 Å². The van der Waals surface area contributed by atoms with E-state index in [0.717, 1.165) is 12.3 Å². The van der Waals surface area contributed by atoms with Gasteiger partial charge in [-0.1, -0.05) is 0 Å². The van der Waals surface area contributed by atoms with Crippen molar-refractivity contribution < 1.29 is 9.18 Å². The van der Waals surface area contributed by atoms with Crippen LogP contribution in [0.4, 0.5) is 4.39 Å². The predicted octanol–water partition coefficient (Wildman–Crippen LogP) is 1.60. The van der Waals surface area contributed by atoms with Crippen molar-refractivity contribution in [3.63, 3.8) is 0 Å². The third kappa shape index (κ3) is 1.51. The number of rotatable bonds is 1. The van der Waals surface area contributed by atoms with Crippen LogP contribution in [0.5, 0.6) is 0 Å². The Kier molecular flexibility index (Phi) is 1.97. The highest BCUT2D eigenvalue weighted by Gasteiger charge is 2.01. The van der Waals surface area contributed by atoms with Gasteiger partial charge in [0.15, 0.2) is 0 Å². The van der Waals surface area contributed by atoms with Crippen LogP contribution < -0.4 is 0 Å². The van der Waals surface area contributed by atoms with E-state index in [9.17, 15) is 9.18 Å². The zero-order valence-electron chi connectivity index (χ0n) is 4.84. The lowest BCUT2D eigenvalue weighted by molar-refractivity contribution is 0.107. The Hall–Kier alpha value is -0.960. The predicted molar refractivity (Wildman–Crippen MR) is 34.4 cm³/mol. The second-order valence-electron chi connectivity index (χ2n) is 1.64. The van der Waals surface area contributed by atoms with Crippen molar-refractivity contribution in [2.24, 2.45) is 0 Å². The molecule has 10 heavy (non-hydrogen) atoms. The first kappa shape index (κ1) is 7.15. The lowest BCUT2D eigenvalue weighted by Gasteiger charge is -1.89. The summed E-state index contributed by atoms with van der Waals surface area (Å²) in [5.74, 6) is -0.485. The topological polar surface area (TPSA) is 30.0 Å². The fourth-order valence-corrected chi connectivity index (χ4v) is 0.604. The van der Waals surface area contributed by atoms with Gasteiger partial charge in [0.2, 0.25) is 0 Å². The number of hydrogen-bond acceptors (Lipinski definition) is 2. The molecule has 0 aliphatic carbocycles. The molecule has 0 radical (unpaired) electrons. The summed E-state index contributed by atoms with van der Waals surface area (Å²) in [4.78, 5) is 13.8. The molecule has 0 unspecified atom stereocenters. The zero-order chi connectivity index (χ0) is 7.56. The molecular formula is C6H3ClFNO. The van der Waals surface area contributed by atoms with Gasteiger partial charge in [0.25, 0.3) is 5.24 Å². The molecule has 0 atom stereocenters. The van der Waals surface area contributed by atoms with Gasteiger partial charge in [-0.25, -0.2) is 9.37 Å². The van der Waals surface area contributed by atoms with Crippen LogP contribution >= 0.6 is 11.6 Å². The Labute approximate surface area is 61.6 Å². The van der Waals surface area contributed by atoms with E-state index in [1.807, 2.05) is 0 Å². The number of carbonyl (C=O) groups is 1. The summed E-state index contributed by atoms with van der Waals surface area (Å²) in [6, 6.07) is 2.35. The second-order valence-corrected chi connectivity index (χ2v) is 1.98. The fourth-order valence-electron chi connectivity index (χ4n) is 0.492. The lowest BCUT2D eigenvalue weighted by Crippen LogP contribution is -1.92. The van der Waals surface area contributed by atoms with E-state index in [1.54, 1.807) is 0 Å². The van der Waals surface area contributed by atoms with Gasteiger partial charge < -0.3 is 0 Å². The molecule has 0 saturated heterocycles. The molecule has 0 N–H and O–H groups in total. The van der Waals surface area contributed by atoms with Gasteiger partial charge in [-0.3, -0.25) is 4.79 Å². The average Bonchev–Trinajstić information content (AvgIpc) is 1.88. The zero-order valence-corrected chi connectivity index (χ0v) is 5.60.